The van der Waals surface area contributed by atoms with Crippen LogP contribution in [0.15, 0.2) is 18.2 Å². The SMILES string of the molecule is NC(CF)c1ccc(F)cc1OC(F)F. The number of hydrogen-bond acceptors (Lipinski definition) is 2. The molecular weight excluding hydrogens is 214 g/mol. The first-order valence-corrected chi connectivity index (χ1v) is 4.10. The normalized spacial score (nSPS) is 12.9. The average Bonchev–Trinajstić information content (AvgIpc) is 2.16. The van der Waals surface area contributed by atoms with Crippen LogP contribution < -0.4 is 10.5 Å². The van der Waals surface area contributed by atoms with E-state index < -0.39 is 30.9 Å². The third kappa shape index (κ3) is 3.09. The van der Waals surface area contributed by atoms with E-state index in [1.54, 1.807) is 0 Å². The molecule has 0 spiro atoms. The lowest BCUT2D eigenvalue weighted by molar-refractivity contribution is -0.0508. The summed E-state index contributed by atoms with van der Waals surface area (Å²) in [5.74, 6) is -1.18. The predicted molar refractivity (Wildman–Crippen MR) is 45.9 cm³/mol. The van der Waals surface area contributed by atoms with E-state index in [1.165, 1.54) is 0 Å². The lowest BCUT2D eigenvalue weighted by Crippen LogP contribution is -2.15. The molecule has 0 aliphatic carbocycles. The van der Waals surface area contributed by atoms with Gasteiger partial charge in [-0.2, -0.15) is 8.78 Å². The number of hydrogen-bond donors (Lipinski definition) is 1. The van der Waals surface area contributed by atoms with Gasteiger partial charge in [0.05, 0.1) is 6.04 Å². The van der Waals surface area contributed by atoms with Gasteiger partial charge in [0.2, 0.25) is 0 Å². The van der Waals surface area contributed by atoms with Crippen molar-refractivity contribution in [2.24, 2.45) is 5.73 Å². The van der Waals surface area contributed by atoms with Gasteiger partial charge in [0.15, 0.2) is 0 Å². The van der Waals surface area contributed by atoms with E-state index in [0.29, 0.717) is 0 Å². The van der Waals surface area contributed by atoms with Crippen molar-refractivity contribution < 1.29 is 22.3 Å². The van der Waals surface area contributed by atoms with E-state index in [4.69, 9.17) is 5.73 Å². The molecule has 15 heavy (non-hydrogen) atoms. The summed E-state index contributed by atoms with van der Waals surface area (Å²) in [6.45, 7) is -4.04. The van der Waals surface area contributed by atoms with Gasteiger partial charge in [-0.3, -0.25) is 0 Å². The van der Waals surface area contributed by atoms with Crippen LogP contribution in [0.5, 0.6) is 5.75 Å². The van der Waals surface area contributed by atoms with Crippen molar-refractivity contribution in [3.63, 3.8) is 0 Å². The number of nitrogens with two attached hydrogens (primary N) is 1. The molecule has 1 atom stereocenters. The Kier molecular flexibility index (Phi) is 3.90. The fourth-order valence-corrected chi connectivity index (χ4v) is 1.10. The highest BCUT2D eigenvalue weighted by molar-refractivity contribution is 5.36. The number of halogens is 4. The van der Waals surface area contributed by atoms with Crippen LogP contribution in [0.3, 0.4) is 0 Å². The van der Waals surface area contributed by atoms with Crippen LogP contribution >= 0.6 is 0 Å². The molecule has 0 radical (unpaired) electrons. The first-order chi connectivity index (χ1) is 7.04. The molecule has 0 fully saturated rings. The molecule has 84 valence electrons. The molecule has 0 saturated carbocycles. The standard InChI is InChI=1S/C9H9F4NO/c10-4-7(14)6-2-1-5(11)3-8(6)15-9(12)13/h1-3,7,9H,4,14H2. The summed E-state index contributed by atoms with van der Waals surface area (Å²) in [6, 6.07) is 1.77. The number of benzene rings is 1. The molecule has 1 rings (SSSR count). The monoisotopic (exact) mass is 223 g/mol. The highest BCUT2D eigenvalue weighted by atomic mass is 19.3. The second kappa shape index (κ2) is 4.97. The second-order valence-electron chi connectivity index (χ2n) is 2.82. The van der Waals surface area contributed by atoms with Crippen molar-refractivity contribution in [2.45, 2.75) is 12.7 Å². The molecule has 0 aliphatic heterocycles. The largest absolute Gasteiger partial charge is 0.434 e. The van der Waals surface area contributed by atoms with E-state index in [2.05, 4.69) is 4.74 Å². The maximum atomic E-state index is 12.7. The highest BCUT2D eigenvalue weighted by Crippen LogP contribution is 2.26. The van der Waals surface area contributed by atoms with Crippen LogP contribution in [0, 0.1) is 5.82 Å². The lowest BCUT2D eigenvalue weighted by Gasteiger charge is -2.13. The van der Waals surface area contributed by atoms with Crippen LogP contribution in [-0.2, 0) is 0 Å². The van der Waals surface area contributed by atoms with Gasteiger partial charge in [-0.1, -0.05) is 6.07 Å². The number of alkyl halides is 3. The third-order valence-electron chi connectivity index (χ3n) is 1.76. The quantitative estimate of drug-likeness (QED) is 0.795. The van der Waals surface area contributed by atoms with Crippen molar-refractivity contribution in [1.82, 2.24) is 0 Å². The Balaban J connectivity index is 3.02. The molecule has 1 aromatic carbocycles. The third-order valence-corrected chi connectivity index (χ3v) is 1.76. The fraction of sp³-hybridized carbons (Fsp3) is 0.333. The zero-order chi connectivity index (χ0) is 11.4. The van der Waals surface area contributed by atoms with Crippen molar-refractivity contribution >= 4 is 0 Å². The van der Waals surface area contributed by atoms with Crippen molar-refractivity contribution in [2.75, 3.05) is 6.67 Å². The van der Waals surface area contributed by atoms with Gasteiger partial charge >= 0.3 is 6.61 Å². The molecule has 0 aromatic heterocycles. The molecule has 2 N–H and O–H groups in total. The number of ether oxygens (including phenoxy) is 1. The Bertz CT molecular complexity index is 332. The summed E-state index contributed by atoms with van der Waals surface area (Å²) >= 11 is 0. The average molecular weight is 223 g/mol. The minimum atomic E-state index is -3.10. The molecule has 1 aromatic rings. The van der Waals surface area contributed by atoms with Gasteiger partial charge in [0.1, 0.15) is 18.2 Å². The van der Waals surface area contributed by atoms with Gasteiger partial charge in [0.25, 0.3) is 0 Å². The van der Waals surface area contributed by atoms with Crippen LogP contribution in [0.25, 0.3) is 0 Å². The zero-order valence-electron chi connectivity index (χ0n) is 7.59. The first kappa shape index (κ1) is 11.8. The Labute approximate surface area is 83.6 Å². The summed E-state index contributed by atoms with van der Waals surface area (Å²) < 4.78 is 52.8. The van der Waals surface area contributed by atoms with E-state index in [0.717, 1.165) is 18.2 Å². The van der Waals surface area contributed by atoms with Crippen LogP contribution in [-0.4, -0.2) is 13.3 Å². The van der Waals surface area contributed by atoms with E-state index in [-0.39, 0.29) is 5.56 Å². The maximum Gasteiger partial charge on any atom is 0.387 e. The summed E-state index contributed by atoms with van der Waals surface area (Å²) in [5.41, 5.74) is 5.31. The Morgan fingerprint density at radius 2 is 2.00 bits per heavy atom. The van der Waals surface area contributed by atoms with Gasteiger partial charge in [-0.05, 0) is 6.07 Å². The van der Waals surface area contributed by atoms with Crippen LogP contribution in [0.2, 0.25) is 0 Å². The Hall–Kier alpha value is -1.30. The molecule has 1 unspecified atom stereocenters. The maximum absolute atomic E-state index is 12.7. The number of rotatable bonds is 4. The fourth-order valence-electron chi connectivity index (χ4n) is 1.10. The van der Waals surface area contributed by atoms with Gasteiger partial charge in [0, 0.05) is 11.6 Å². The van der Waals surface area contributed by atoms with Crippen molar-refractivity contribution in [1.29, 1.82) is 0 Å². The van der Waals surface area contributed by atoms with Crippen molar-refractivity contribution in [3.05, 3.63) is 29.6 Å². The highest BCUT2D eigenvalue weighted by Gasteiger charge is 2.15. The lowest BCUT2D eigenvalue weighted by atomic mass is 10.1. The van der Waals surface area contributed by atoms with E-state index >= 15 is 0 Å². The Morgan fingerprint density at radius 1 is 1.33 bits per heavy atom. The summed E-state index contributed by atoms with van der Waals surface area (Å²) in [6.07, 6.45) is 0. The van der Waals surface area contributed by atoms with Crippen LogP contribution in [0.4, 0.5) is 17.6 Å². The molecule has 0 aliphatic rings. The van der Waals surface area contributed by atoms with E-state index in [9.17, 15) is 17.6 Å². The molecule has 0 saturated heterocycles. The molecule has 6 heteroatoms. The molecule has 2 nitrogen and oxygen atoms in total. The first-order valence-electron chi connectivity index (χ1n) is 4.10. The summed E-state index contributed by atoms with van der Waals surface area (Å²) in [7, 11) is 0. The molecule has 0 amide bonds. The van der Waals surface area contributed by atoms with Gasteiger partial charge in [-0.15, -0.1) is 0 Å². The minimum Gasteiger partial charge on any atom is -0.434 e. The molecule has 0 heterocycles. The van der Waals surface area contributed by atoms with Crippen LogP contribution in [0.1, 0.15) is 11.6 Å². The Morgan fingerprint density at radius 3 is 2.53 bits per heavy atom. The topological polar surface area (TPSA) is 35.2 Å². The zero-order valence-corrected chi connectivity index (χ0v) is 7.59. The summed E-state index contributed by atoms with van der Waals surface area (Å²) in [5, 5.41) is 0. The van der Waals surface area contributed by atoms with E-state index in [1.807, 2.05) is 0 Å². The molecular formula is C9H9F4NO. The van der Waals surface area contributed by atoms with Gasteiger partial charge in [-0.25, -0.2) is 8.78 Å². The second-order valence-corrected chi connectivity index (χ2v) is 2.82. The summed E-state index contributed by atoms with van der Waals surface area (Å²) in [4.78, 5) is 0. The minimum absolute atomic E-state index is 0.0131. The predicted octanol–water partition coefficient (Wildman–Crippen LogP) is 2.40. The smallest absolute Gasteiger partial charge is 0.387 e. The molecule has 0 bridgehead atoms. The van der Waals surface area contributed by atoms with Crippen molar-refractivity contribution in [3.8, 4) is 5.75 Å². The van der Waals surface area contributed by atoms with Gasteiger partial charge < -0.3 is 10.5 Å².